The van der Waals surface area contributed by atoms with E-state index in [1.165, 1.54) is 19.3 Å². The number of amides is 1. The highest BCUT2D eigenvalue weighted by molar-refractivity contribution is 5.94. The molecule has 2 aliphatic heterocycles. The van der Waals surface area contributed by atoms with Crippen LogP contribution in [-0.2, 0) is 4.74 Å². The number of nitrogens with zero attached hydrogens (tertiary/aromatic N) is 2. The Morgan fingerprint density at radius 1 is 1.18 bits per heavy atom. The average Bonchev–Trinajstić information content (AvgIpc) is 2.94. The van der Waals surface area contributed by atoms with Crippen molar-refractivity contribution in [2.24, 2.45) is 0 Å². The molecule has 0 radical (unpaired) electrons. The van der Waals surface area contributed by atoms with Crippen molar-refractivity contribution in [3.63, 3.8) is 0 Å². The number of methoxy groups -OCH3 is 1. The van der Waals surface area contributed by atoms with Crippen LogP contribution in [0.5, 0.6) is 0 Å². The molecule has 0 aromatic heterocycles. The Bertz CT molecular complexity index is 505. The van der Waals surface area contributed by atoms with Gasteiger partial charge in [-0.3, -0.25) is 9.69 Å². The van der Waals surface area contributed by atoms with Crippen molar-refractivity contribution in [2.75, 3.05) is 39.9 Å². The van der Waals surface area contributed by atoms with E-state index in [4.69, 9.17) is 4.74 Å². The van der Waals surface area contributed by atoms with Gasteiger partial charge in [0.2, 0.25) is 0 Å². The third kappa shape index (κ3) is 3.03. The van der Waals surface area contributed by atoms with E-state index in [2.05, 4.69) is 9.80 Å². The van der Waals surface area contributed by atoms with Crippen LogP contribution in [0.4, 0.5) is 0 Å². The van der Waals surface area contributed by atoms with E-state index in [-0.39, 0.29) is 11.4 Å². The zero-order chi connectivity index (χ0) is 15.4. The Morgan fingerprint density at radius 3 is 2.64 bits per heavy atom. The van der Waals surface area contributed by atoms with Crippen molar-refractivity contribution < 1.29 is 9.53 Å². The van der Waals surface area contributed by atoms with Crippen LogP contribution in [0.15, 0.2) is 30.3 Å². The first-order valence-corrected chi connectivity index (χ1v) is 8.33. The summed E-state index contributed by atoms with van der Waals surface area (Å²) >= 11 is 0. The number of carbonyl (C=O) groups is 1. The molecule has 0 unspecified atom stereocenters. The SMILES string of the molecule is COCCN1CCC[C@@]12CCCN(C(=O)c1ccccc1)C2. The largest absolute Gasteiger partial charge is 0.383 e. The Morgan fingerprint density at radius 2 is 1.91 bits per heavy atom. The maximum absolute atomic E-state index is 12.7. The van der Waals surface area contributed by atoms with Gasteiger partial charge in [-0.25, -0.2) is 0 Å². The molecule has 1 atom stereocenters. The van der Waals surface area contributed by atoms with Crippen molar-refractivity contribution >= 4 is 5.91 Å². The first-order chi connectivity index (χ1) is 10.7. The van der Waals surface area contributed by atoms with Crippen molar-refractivity contribution in [1.82, 2.24) is 9.80 Å². The molecular weight excluding hydrogens is 276 g/mol. The summed E-state index contributed by atoms with van der Waals surface area (Å²) in [5.41, 5.74) is 0.988. The highest BCUT2D eigenvalue weighted by Crippen LogP contribution is 2.37. The summed E-state index contributed by atoms with van der Waals surface area (Å²) < 4.78 is 5.26. The molecule has 4 nitrogen and oxygen atoms in total. The minimum Gasteiger partial charge on any atom is -0.383 e. The van der Waals surface area contributed by atoms with E-state index in [0.29, 0.717) is 0 Å². The van der Waals surface area contributed by atoms with Gasteiger partial charge in [0, 0.05) is 37.8 Å². The number of likely N-dealkylation sites (tertiary alicyclic amines) is 2. The standard InChI is InChI=1S/C18H26N2O2/c1-22-14-13-20-12-6-10-18(20)9-5-11-19(15-18)17(21)16-7-3-2-4-8-16/h2-4,7-8H,5-6,9-15H2,1H3/t18-/m1/s1. The Labute approximate surface area is 133 Å². The molecule has 1 spiro atoms. The van der Waals surface area contributed by atoms with E-state index in [0.717, 1.165) is 44.8 Å². The van der Waals surface area contributed by atoms with Gasteiger partial charge in [0.15, 0.2) is 0 Å². The molecule has 1 amide bonds. The molecule has 4 heteroatoms. The van der Waals surface area contributed by atoms with Crippen LogP contribution in [-0.4, -0.2) is 61.1 Å². The molecule has 120 valence electrons. The molecule has 0 N–H and O–H groups in total. The summed E-state index contributed by atoms with van der Waals surface area (Å²) in [7, 11) is 1.76. The number of hydrogen-bond acceptors (Lipinski definition) is 3. The lowest BCUT2D eigenvalue weighted by Gasteiger charge is -2.46. The molecule has 22 heavy (non-hydrogen) atoms. The van der Waals surface area contributed by atoms with Gasteiger partial charge in [0.25, 0.3) is 5.91 Å². The Kier molecular flexibility index (Phi) is 4.79. The zero-order valence-electron chi connectivity index (χ0n) is 13.5. The lowest BCUT2D eigenvalue weighted by atomic mass is 9.86. The summed E-state index contributed by atoms with van der Waals surface area (Å²) in [6.45, 7) is 4.63. The third-order valence-electron chi connectivity index (χ3n) is 5.17. The predicted molar refractivity (Wildman–Crippen MR) is 87.0 cm³/mol. The van der Waals surface area contributed by atoms with Crippen molar-refractivity contribution in [3.05, 3.63) is 35.9 Å². The van der Waals surface area contributed by atoms with Gasteiger partial charge in [0.05, 0.1) is 6.61 Å². The fourth-order valence-electron chi connectivity index (χ4n) is 4.06. The van der Waals surface area contributed by atoms with Crippen molar-refractivity contribution in [2.45, 2.75) is 31.2 Å². The molecule has 1 aromatic carbocycles. The maximum atomic E-state index is 12.7. The first kappa shape index (κ1) is 15.5. The Hall–Kier alpha value is -1.39. The molecule has 3 rings (SSSR count). The van der Waals surface area contributed by atoms with Gasteiger partial charge in [0.1, 0.15) is 0 Å². The molecule has 2 saturated heterocycles. The zero-order valence-corrected chi connectivity index (χ0v) is 13.5. The molecule has 1 aromatic rings. The van der Waals surface area contributed by atoms with Crippen LogP contribution in [0.2, 0.25) is 0 Å². The summed E-state index contributed by atoms with van der Waals surface area (Å²) in [6.07, 6.45) is 4.74. The highest BCUT2D eigenvalue weighted by atomic mass is 16.5. The molecule has 2 aliphatic rings. The van der Waals surface area contributed by atoms with Gasteiger partial charge >= 0.3 is 0 Å². The smallest absolute Gasteiger partial charge is 0.253 e. The number of benzene rings is 1. The maximum Gasteiger partial charge on any atom is 0.253 e. The van der Waals surface area contributed by atoms with Crippen LogP contribution >= 0.6 is 0 Å². The Balaban J connectivity index is 1.72. The number of piperidine rings is 1. The van der Waals surface area contributed by atoms with Gasteiger partial charge in [-0.1, -0.05) is 18.2 Å². The molecule has 2 fully saturated rings. The summed E-state index contributed by atoms with van der Waals surface area (Å²) in [4.78, 5) is 17.4. The predicted octanol–water partition coefficient (Wildman–Crippen LogP) is 2.40. The lowest BCUT2D eigenvalue weighted by molar-refractivity contribution is 0.0230. The topological polar surface area (TPSA) is 32.8 Å². The number of rotatable bonds is 4. The summed E-state index contributed by atoms with van der Waals surface area (Å²) in [5.74, 6) is 0.179. The normalized spacial score (nSPS) is 25.8. The molecule has 0 saturated carbocycles. The van der Waals surface area contributed by atoms with Crippen LogP contribution in [0, 0.1) is 0 Å². The van der Waals surface area contributed by atoms with Gasteiger partial charge in [-0.05, 0) is 44.4 Å². The second kappa shape index (κ2) is 6.80. The molecule has 2 heterocycles. The van der Waals surface area contributed by atoms with Crippen LogP contribution in [0.25, 0.3) is 0 Å². The van der Waals surface area contributed by atoms with E-state index in [1.807, 2.05) is 30.3 Å². The van der Waals surface area contributed by atoms with Crippen LogP contribution in [0.3, 0.4) is 0 Å². The second-order valence-corrected chi connectivity index (χ2v) is 6.50. The highest BCUT2D eigenvalue weighted by Gasteiger charge is 2.44. The first-order valence-electron chi connectivity index (χ1n) is 8.33. The second-order valence-electron chi connectivity index (χ2n) is 6.50. The quantitative estimate of drug-likeness (QED) is 0.856. The minimum atomic E-state index is 0.179. The third-order valence-corrected chi connectivity index (χ3v) is 5.17. The lowest BCUT2D eigenvalue weighted by Crippen LogP contribution is -2.57. The summed E-state index contributed by atoms with van der Waals surface area (Å²) in [6, 6.07) is 9.67. The fraction of sp³-hybridized carbons (Fsp3) is 0.611. The number of ether oxygens (including phenoxy) is 1. The molecular formula is C18H26N2O2. The van der Waals surface area contributed by atoms with E-state index in [9.17, 15) is 4.79 Å². The molecule has 0 aliphatic carbocycles. The van der Waals surface area contributed by atoms with E-state index in [1.54, 1.807) is 7.11 Å². The van der Waals surface area contributed by atoms with E-state index >= 15 is 0 Å². The molecule has 0 bridgehead atoms. The number of carbonyl (C=O) groups excluding carboxylic acids is 1. The number of hydrogen-bond donors (Lipinski definition) is 0. The van der Waals surface area contributed by atoms with Gasteiger partial charge < -0.3 is 9.64 Å². The van der Waals surface area contributed by atoms with E-state index < -0.39 is 0 Å². The van der Waals surface area contributed by atoms with Crippen LogP contribution in [0.1, 0.15) is 36.0 Å². The minimum absolute atomic E-state index is 0.179. The van der Waals surface area contributed by atoms with Crippen LogP contribution < -0.4 is 0 Å². The summed E-state index contributed by atoms with van der Waals surface area (Å²) in [5, 5.41) is 0. The van der Waals surface area contributed by atoms with Crippen molar-refractivity contribution in [3.8, 4) is 0 Å². The van der Waals surface area contributed by atoms with Crippen molar-refractivity contribution in [1.29, 1.82) is 0 Å². The van der Waals surface area contributed by atoms with Gasteiger partial charge in [-0.15, -0.1) is 0 Å². The van der Waals surface area contributed by atoms with Gasteiger partial charge in [-0.2, -0.15) is 0 Å². The average molecular weight is 302 g/mol. The fourth-order valence-corrected chi connectivity index (χ4v) is 4.06. The monoisotopic (exact) mass is 302 g/mol.